The quantitative estimate of drug-likeness (QED) is 0.389. The molecule has 1 aliphatic carbocycles. The summed E-state index contributed by atoms with van der Waals surface area (Å²) in [4.78, 5) is 16.2. The van der Waals surface area contributed by atoms with Crippen LogP contribution < -0.4 is 15.4 Å². The van der Waals surface area contributed by atoms with Crippen molar-refractivity contribution in [2.75, 3.05) is 19.7 Å². The number of hydrogen-bond donors (Lipinski definition) is 3. The number of amides is 1. The fourth-order valence-electron chi connectivity index (χ4n) is 3.99. The highest BCUT2D eigenvalue weighted by Crippen LogP contribution is 2.21. The highest BCUT2D eigenvalue weighted by molar-refractivity contribution is 5.76. The molecule has 1 fully saturated rings. The van der Waals surface area contributed by atoms with Gasteiger partial charge in [0.25, 0.3) is 0 Å². The molecule has 1 saturated carbocycles. The van der Waals surface area contributed by atoms with Crippen molar-refractivity contribution >= 4 is 5.91 Å². The van der Waals surface area contributed by atoms with E-state index in [0.29, 0.717) is 25.7 Å². The van der Waals surface area contributed by atoms with Crippen molar-refractivity contribution < 1.29 is 14.6 Å². The van der Waals surface area contributed by atoms with Crippen molar-refractivity contribution in [3.63, 3.8) is 0 Å². The second-order valence-electron chi connectivity index (χ2n) is 8.33. The van der Waals surface area contributed by atoms with E-state index in [0.717, 1.165) is 35.4 Å². The lowest BCUT2D eigenvalue weighted by molar-refractivity contribution is -0.122. The van der Waals surface area contributed by atoms with Gasteiger partial charge in [-0.3, -0.25) is 14.5 Å². The Hall–Kier alpha value is -3.23. The van der Waals surface area contributed by atoms with E-state index in [-0.39, 0.29) is 12.5 Å². The molecule has 1 aliphatic rings. The Morgan fingerprint density at radius 2 is 2.00 bits per heavy atom. The average Bonchev–Trinajstić information content (AvgIpc) is 3.52. The van der Waals surface area contributed by atoms with Gasteiger partial charge in [-0.1, -0.05) is 18.9 Å². The van der Waals surface area contributed by atoms with E-state index in [1.165, 1.54) is 12.8 Å². The minimum atomic E-state index is -0.591. The number of carbonyl (C=O) groups is 1. The van der Waals surface area contributed by atoms with Gasteiger partial charge in [-0.2, -0.15) is 5.10 Å². The summed E-state index contributed by atoms with van der Waals surface area (Å²) in [5, 5.41) is 20.9. The zero-order valence-electron chi connectivity index (χ0n) is 18.7. The molecule has 1 aromatic carbocycles. The molecule has 1 atom stereocenters. The number of benzene rings is 1. The summed E-state index contributed by atoms with van der Waals surface area (Å²) in [6.07, 6.45) is 9.14. The Kier molecular flexibility index (Phi) is 8.05. The van der Waals surface area contributed by atoms with Crippen LogP contribution in [0.2, 0.25) is 0 Å². The van der Waals surface area contributed by atoms with Crippen LogP contribution in [0, 0.1) is 0 Å². The average molecular weight is 450 g/mol. The standard InChI is InChI=1S/C25H31N5O3/c31-24(20-4-3-12-26-16-20)17-27-13-15-33-22-9-7-19(8-10-22)23-11-14-30(29-23)18-25(32)28-21-5-1-2-6-21/h3-4,7-12,14,16,21,24,27,31H,1-2,5-6,13,15,17-18H2,(H,28,32)/t24-/m1/s1. The van der Waals surface area contributed by atoms with Crippen LogP contribution in [0.15, 0.2) is 61.1 Å². The molecule has 4 rings (SSSR count). The summed E-state index contributed by atoms with van der Waals surface area (Å²) >= 11 is 0. The predicted octanol–water partition coefficient (Wildman–Crippen LogP) is 2.71. The summed E-state index contributed by atoms with van der Waals surface area (Å²) in [6.45, 7) is 1.78. The maximum atomic E-state index is 12.2. The molecule has 8 heteroatoms. The van der Waals surface area contributed by atoms with Gasteiger partial charge in [-0.05, 0) is 49.2 Å². The molecule has 3 aromatic rings. The molecule has 174 valence electrons. The van der Waals surface area contributed by atoms with Gasteiger partial charge in [0.1, 0.15) is 18.9 Å². The summed E-state index contributed by atoms with van der Waals surface area (Å²) < 4.78 is 7.45. The Bertz CT molecular complexity index is 1000. The summed E-state index contributed by atoms with van der Waals surface area (Å²) in [7, 11) is 0. The topological polar surface area (TPSA) is 101 Å². The molecule has 33 heavy (non-hydrogen) atoms. The molecule has 1 amide bonds. The van der Waals surface area contributed by atoms with E-state index in [1.54, 1.807) is 17.1 Å². The normalized spacial score (nSPS) is 14.8. The molecule has 0 aliphatic heterocycles. The first-order valence-corrected chi connectivity index (χ1v) is 11.5. The molecule has 8 nitrogen and oxygen atoms in total. The largest absolute Gasteiger partial charge is 0.492 e. The Morgan fingerprint density at radius 1 is 1.18 bits per heavy atom. The van der Waals surface area contributed by atoms with Gasteiger partial charge < -0.3 is 20.5 Å². The monoisotopic (exact) mass is 449 g/mol. The first-order valence-electron chi connectivity index (χ1n) is 11.5. The molecular weight excluding hydrogens is 418 g/mol. The Balaban J connectivity index is 1.18. The third-order valence-corrected chi connectivity index (χ3v) is 5.77. The number of aromatic nitrogens is 3. The number of pyridine rings is 1. The van der Waals surface area contributed by atoms with Crippen molar-refractivity contribution in [3.05, 3.63) is 66.6 Å². The fourth-order valence-corrected chi connectivity index (χ4v) is 3.99. The number of nitrogens with zero attached hydrogens (tertiary/aromatic N) is 3. The Labute approximate surface area is 194 Å². The van der Waals surface area contributed by atoms with Gasteiger partial charge >= 0.3 is 0 Å². The van der Waals surface area contributed by atoms with Crippen molar-refractivity contribution in [1.29, 1.82) is 0 Å². The van der Waals surface area contributed by atoms with E-state index in [2.05, 4.69) is 20.7 Å². The van der Waals surface area contributed by atoms with Crippen molar-refractivity contribution in [1.82, 2.24) is 25.4 Å². The fraction of sp³-hybridized carbons (Fsp3) is 0.400. The molecule has 0 unspecified atom stereocenters. The van der Waals surface area contributed by atoms with Gasteiger partial charge in [-0.25, -0.2) is 0 Å². The van der Waals surface area contributed by atoms with Crippen LogP contribution in [0.3, 0.4) is 0 Å². The summed E-state index contributed by atoms with van der Waals surface area (Å²) in [6, 6.07) is 13.6. The number of aliphatic hydroxyl groups is 1. The zero-order valence-corrected chi connectivity index (χ0v) is 18.7. The molecule has 2 aromatic heterocycles. The molecule has 0 spiro atoms. The molecule has 3 N–H and O–H groups in total. The maximum Gasteiger partial charge on any atom is 0.241 e. The van der Waals surface area contributed by atoms with E-state index < -0.39 is 6.10 Å². The second kappa shape index (κ2) is 11.6. The highest BCUT2D eigenvalue weighted by atomic mass is 16.5. The number of aliphatic hydroxyl groups excluding tert-OH is 1. The molecule has 0 bridgehead atoms. The van der Waals surface area contributed by atoms with Crippen LogP contribution in [0.4, 0.5) is 0 Å². The predicted molar refractivity (Wildman–Crippen MR) is 126 cm³/mol. The second-order valence-corrected chi connectivity index (χ2v) is 8.33. The smallest absolute Gasteiger partial charge is 0.241 e. The zero-order chi connectivity index (χ0) is 22.9. The summed E-state index contributed by atoms with van der Waals surface area (Å²) in [5.74, 6) is 0.783. The third-order valence-electron chi connectivity index (χ3n) is 5.77. The first-order chi connectivity index (χ1) is 16.2. The van der Waals surface area contributed by atoms with Gasteiger partial charge in [0.2, 0.25) is 5.91 Å². The molecule has 2 heterocycles. The van der Waals surface area contributed by atoms with Gasteiger partial charge in [0, 0.05) is 48.8 Å². The van der Waals surface area contributed by atoms with Crippen LogP contribution in [0.5, 0.6) is 5.75 Å². The first kappa shape index (κ1) is 22.9. The maximum absolute atomic E-state index is 12.2. The van der Waals surface area contributed by atoms with Crippen LogP contribution in [-0.2, 0) is 11.3 Å². The van der Waals surface area contributed by atoms with Crippen molar-refractivity contribution in [2.24, 2.45) is 0 Å². The van der Waals surface area contributed by atoms with Gasteiger partial charge in [0.05, 0.1) is 11.8 Å². The molecule has 0 radical (unpaired) electrons. The minimum Gasteiger partial charge on any atom is -0.492 e. The molecular formula is C25H31N5O3. The lowest BCUT2D eigenvalue weighted by Crippen LogP contribution is -2.35. The third kappa shape index (κ3) is 6.87. The van der Waals surface area contributed by atoms with Crippen LogP contribution in [-0.4, -0.2) is 51.5 Å². The minimum absolute atomic E-state index is 0.0156. The van der Waals surface area contributed by atoms with E-state index in [1.807, 2.05) is 48.7 Å². The summed E-state index contributed by atoms with van der Waals surface area (Å²) in [5.41, 5.74) is 2.58. The highest BCUT2D eigenvalue weighted by Gasteiger charge is 2.17. The lowest BCUT2D eigenvalue weighted by atomic mass is 10.1. The number of nitrogens with one attached hydrogen (secondary N) is 2. The Morgan fingerprint density at radius 3 is 2.76 bits per heavy atom. The number of carbonyl (C=O) groups excluding carboxylic acids is 1. The number of ether oxygens (including phenoxy) is 1. The van der Waals surface area contributed by atoms with Gasteiger partial charge in [-0.15, -0.1) is 0 Å². The van der Waals surface area contributed by atoms with Crippen LogP contribution in [0.25, 0.3) is 11.3 Å². The van der Waals surface area contributed by atoms with Crippen LogP contribution >= 0.6 is 0 Å². The van der Waals surface area contributed by atoms with E-state index in [9.17, 15) is 9.90 Å². The van der Waals surface area contributed by atoms with Crippen molar-refractivity contribution in [3.8, 4) is 17.0 Å². The van der Waals surface area contributed by atoms with E-state index in [4.69, 9.17) is 4.74 Å². The van der Waals surface area contributed by atoms with E-state index >= 15 is 0 Å². The van der Waals surface area contributed by atoms with Gasteiger partial charge in [0.15, 0.2) is 0 Å². The SMILES string of the molecule is O=C(Cn1ccc(-c2ccc(OCCNC[C@@H](O)c3cccnc3)cc2)n1)NC1CCCC1. The van der Waals surface area contributed by atoms with Crippen LogP contribution in [0.1, 0.15) is 37.4 Å². The molecule has 0 saturated heterocycles. The lowest BCUT2D eigenvalue weighted by Gasteiger charge is -2.12. The number of rotatable bonds is 11. The number of hydrogen-bond acceptors (Lipinski definition) is 6. The van der Waals surface area contributed by atoms with Crippen molar-refractivity contribution in [2.45, 2.75) is 44.4 Å².